The van der Waals surface area contributed by atoms with E-state index in [1.165, 1.54) is 0 Å². The van der Waals surface area contributed by atoms with Gasteiger partial charge in [-0.05, 0) is 12.8 Å². The molecule has 0 aliphatic carbocycles. The number of aliphatic hydroxyl groups excluding tert-OH is 1. The molecule has 3 nitrogen and oxygen atoms in total. The average Bonchev–Trinajstić information content (AvgIpc) is 2.13. The van der Waals surface area contributed by atoms with Crippen LogP contribution in [0.1, 0.15) is 40.5 Å². The van der Waals surface area contributed by atoms with Crippen LogP contribution in [0.3, 0.4) is 0 Å². The number of hydrogen-bond donors (Lipinski definition) is 2. The van der Waals surface area contributed by atoms with Crippen LogP contribution in [-0.2, 0) is 4.79 Å². The zero-order valence-corrected chi connectivity index (χ0v) is 11.0. The van der Waals surface area contributed by atoms with Gasteiger partial charge in [-0.2, -0.15) is 0 Å². The average molecular weight is 233 g/mol. The van der Waals surface area contributed by atoms with Crippen LogP contribution < -0.4 is 5.32 Å². The zero-order chi connectivity index (χ0) is 11.9. The predicted molar refractivity (Wildman–Crippen MR) is 66.1 cm³/mol. The highest BCUT2D eigenvalue weighted by Crippen LogP contribution is 2.22. The third-order valence-electron chi connectivity index (χ3n) is 1.97. The first kappa shape index (κ1) is 14.8. The molecule has 0 radical (unpaired) electrons. The lowest BCUT2D eigenvalue weighted by Crippen LogP contribution is -2.36. The van der Waals surface area contributed by atoms with E-state index in [2.05, 4.69) is 26.1 Å². The largest absolute Gasteiger partial charge is 0.396 e. The number of thioether (sulfide) groups is 1. The van der Waals surface area contributed by atoms with Gasteiger partial charge in [-0.1, -0.05) is 27.7 Å². The quantitative estimate of drug-likeness (QED) is 0.735. The van der Waals surface area contributed by atoms with E-state index in [1.807, 2.05) is 6.92 Å². The molecule has 1 atom stereocenters. The Morgan fingerprint density at radius 3 is 2.47 bits per heavy atom. The first-order valence-corrected chi connectivity index (χ1v) is 6.41. The second kappa shape index (κ2) is 7.12. The smallest absolute Gasteiger partial charge is 0.230 e. The molecule has 0 saturated heterocycles. The lowest BCUT2D eigenvalue weighted by Gasteiger charge is -2.19. The Labute approximate surface area is 97.0 Å². The highest BCUT2D eigenvalue weighted by molar-refractivity contribution is 8.01. The molecule has 0 aromatic carbocycles. The molecular weight excluding hydrogens is 210 g/mol. The molecule has 0 aliphatic heterocycles. The summed E-state index contributed by atoms with van der Waals surface area (Å²) >= 11 is 1.64. The van der Waals surface area contributed by atoms with Crippen molar-refractivity contribution in [1.29, 1.82) is 0 Å². The van der Waals surface area contributed by atoms with Crippen molar-refractivity contribution >= 4 is 17.7 Å². The molecule has 0 aliphatic rings. The second-order valence-corrected chi connectivity index (χ2v) is 6.39. The monoisotopic (exact) mass is 233 g/mol. The fourth-order valence-electron chi connectivity index (χ4n) is 1.09. The number of amides is 1. The number of carbonyl (C=O) groups excluding carboxylic acids is 1. The van der Waals surface area contributed by atoms with Crippen LogP contribution in [0.2, 0.25) is 0 Å². The molecule has 0 fully saturated rings. The summed E-state index contributed by atoms with van der Waals surface area (Å²) in [6.07, 6.45) is 1.51. The fraction of sp³-hybridized carbons (Fsp3) is 0.909. The maximum absolute atomic E-state index is 11.5. The Kier molecular flexibility index (Phi) is 7.02. The van der Waals surface area contributed by atoms with E-state index in [4.69, 9.17) is 5.11 Å². The molecule has 90 valence electrons. The van der Waals surface area contributed by atoms with E-state index >= 15 is 0 Å². The summed E-state index contributed by atoms with van der Waals surface area (Å²) in [5.74, 6) is 0.557. The number of aliphatic hydroxyl groups is 1. The minimum absolute atomic E-state index is 0.0650. The summed E-state index contributed by atoms with van der Waals surface area (Å²) in [5.41, 5.74) is 0. The molecule has 0 rings (SSSR count). The topological polar surface area (TPSA) is 49.3 Å². The maximum Gasteiger partial charge on any atom is 0.230 e. The Balaban J connectivity index is 3.81. The van der Waals surface area contributed by atoms with Gasteiger partial charge in [0.15, 0.2) is 0 Å². The van der Waals surface area contributed by atoms with Gasteiger partial charge in [-0.15, -0.1) is 11.8 Å². The van der Waals surface area contributed by atoms with Crippen LogP contribution in [0.25, 0.3) is 0 Å². The maximum atomic E-state index is 11.5. The van der Waals surface area contributed by atoms with Crippen LogP contribution in [-0.4, -0.2) is 34.2 Å². The van der Waals surface area contributed by atoms with Crippen molar-refractivity contribution in [3.05, 3.63) is 0 Å². The molecular formula is C11H23NO2S. The molecule has 1 amide bonds. The molecule has 0 bridgehead atoms. The summed E-state index contributed by atoms with van der Waals surface area (Å²) in [5, 5.41) is 11.7. The van der Waals surface area contributed by atoms with Gasteiger partial charge in [-0.3, -0.25) is 4.79 Å². The minimum atomic E-state index is 0.0650. The van der Waals surface area contributed by atoms with E-state index in [0.29, 0.717) is 12.2 Å². The van der Waals surface area contributed by atoms with Gasteiger partial charge >= 0.3 is 0 Å². The molecule has 0 heterocycles. The van der Waals surface area contributed by atoms with Crippen LogP contribution in [0.5, 0.6) is 0 Å². The summed E-state index contributed by atoms with van der Waals surface area (Å²) in [4.78, 5) is 11.5. The van der Waals surface area contributed by atoms with E-state index in [0.717, 1.165) is 6.42 Å². The number of carbonyl (C=O) groups is 1. The molecule has 0 saturated carbocycles. The van der Waals surface area contributed by atoms with E-state index in [-0.39, 0.29) is 23.3 Å². The van der Waals surface area contributed by atoms with E-state index in [9.17, 15) is 4.79 Å². The predicted octanol–water partition coefficient (Wildman–Crippen LogP) is 1.80. The normalized spacial score (nSPS) is 13.7. The van der Waals surface area contributed by atoms with Crippen LogP contribution in [0, 0.1) is 0 Å². The van der Waals surface area contributed by atoms with Crippen LogP contribution in [0.15, 0.2) is 0 Å². The minimum Gasteiger partial charge on any atom is -0.396 e. The van der Waals surface area contributed by atoms with Gasteiger partial charge in [0.2, 0.25) is 5.91 Å². The number of nitrogens with one attached hydrogen (secondary N) is 1. The highest BCUT2D eigenvalue weighted by Gasteiger charge is 2.15. The lowest BCUT2D eigenvalue weighted by molar-refractivity contribution is -0.119. The fourth-order valence-corrected chi connectivity index (χ4v) is 1.73. The summed E-state index contributed by atoms with van der Waals surface area (Å²) in [6.45, 7) is 8.42. The summed E-state index contributed by atoms with van der Waals surface area (Å²) in [6, 6.07) is 0.114. The zero-order valence-electron chi connectivity index (χ0n) is 10.2. The van der Waals surface area contributed by atoms with Crippen LogP contribution in [0.4, 0.5) is 0 Å². The third-order valence-corrected chi connectivity index (χ3v) is 3.24. The molecule has 0 spiro atoms. The first-order valence-electron chi connectivity index (χ1n) is 5.43. The van der Waals surface area contributed by atoms with Gasteiger partial charge in [0.05, 0.1) is 5.75 Å². The van der Waals surface area contributed by atoms with Gasteiger partial charge in [-0.25, -0.2) is 0 Å². The second-order valence-electron chi connectivity index (χ2n) is 4.59. The Bertz CT molecular complexity index is 190. The van der Waals surface area contributed by atoms with Crippen molar-refractivity contribution in [2.24, 2.45) is 0 Å². The Morgan fingerprint density at radius 1 is 1.47 bits per heavy atom. The van der Waals surface area contributed by atoms with Gasteiger partial charge in [0.25, 0.3) is 0 Å². The molecule has 0 aromatic heterocycles. The third kappa shape index (κ3) is 8.75. The molecule has 2 N–H and O–H groups in total. The molecule has 4 heteroatoms. The van der Waals surface area contributed by atoms with E-state index < -0.39 is 0 Å². The van der Waals surface area contributed by atoms with Gasteiger partial charge < -0.3 is 10.4 Å². The van der Waals surface area contributed by atoms with Crippen molar-refractivity contribution in [3.63, 3.8) is 0 Å². The van der Waals surface area contributed by atoms with Gasteiger partial charge in [0.1, 0.15) is 0 Å². The lowest BCUT2D eigenvalue weighted by atomic mass is 10.1. The Hall–Kier alpha value is -0.220. The van der Waals surface area contributed by atoms with E-state index in [1.54, 1.807) is 11.8 Å². The molecule has 15 heavy (non-hydrogen) atoms. The standard InChI is InChI=1S/C11H23NO2S/c1-5-9(6-7-13)12-10(14)8-15-11(2,3)4/h9,13H,5-8H2,1-4H3,(H,12,14). The number of hydrogen-bond acceptors (Lipinski definition) is 3. The van der Waals surface area contributed by atoms with Crippen molar-refractivity contribution in [1.82, 2.24) is 5.32 Å². The summed E-state index contributed by atoms with van der Waals surface area (Å²) < 4.78 is 0.121. The number of rotatable bonds is 6. The SMILES string of the molecule is CCC(CCO)NC(=O)CSC(C)(C)C. The van der Waals surface area contributed by atoms with Gasteiger partial charge in [0, 0.05) is 17.4 Å². The van der Waals surface area contributed by atoms with Crippen molar-refractivity contribution < 1.29 is 9.90 Å². The van der Waals surface area contributed by atoms with Crippen molar-refractivity contribution in [3.8, 4) is 0 Å². The first-order chi connectivity index (χ1) is 6.89. The van der Waals surface area contributed by atoms with Crippen molar-refractivity contribution in [2.45, 2.75) is 51.3 Å². The summed E-state index contributed by atoms with van der Waals surface area (Å²) in [7, 11) is 0. The molecule has 1 unspecified atom stereocenters. The van der Waals surface area contributed by atoms with Crippen molar-refractivity contribution in [2.75, 3.05) is 12.4 Å². The highest BCUT2D eigenvalue weighted by atomic mass is 32.2. The molecule has 0 aromatic rings. The Morgan fingerprint density at radius 2 is 2.07 bits per heavy atom. The van der Waals surface area contributed by atoms with Crippen LogP contribution >= 0.6 is 11.8 Å².